The number of aryl methyl sites for hydroxylation is 1. The Kier molecular flexibility index (Phi) is 4.96. The van der Waals surface area contributed by atoms with Gasteiger partial charge in [0.05, 0.1) is 17.0 Å². The van der Waals surface area contributed by atoms with Gasteiger partial charge in [-0.25, -0.2) is 9.37 Å². The summed E-state index contributed by atoms with van der Waals surface area (Å²) < 4.78 is 13.6. The van der Waals surface area contributed by atoms with E-state index in [1.54, 1.807) is 29.7 Å². The molecule has 0 saturated heterocycles. The zero-order valence-electron chi connectivity index (χ0n) is 13.1. The second kappa shape index (κ2) is 7.31. The van der Waals surface area contributed by atoms with Crippen molar-refractivity contribution in [1.82, 2.24) is 15.3 Å². The Balaban J connectivity index is 1.62. The molecule has 122 valence electrons. The molecule has 0 aliphatic rings. The SMILES string of the molecule is Cc1nc(-c2ccccn2)sc1CCNC(=O)c1ccccc1F. The number of hydrogen-bond acceptors (Lipinski definition) is 4. The number of aromatic nitrogens is 2. The summed E-state index contributed by atoms with van der Waals surface area (Å²) in [7, 11) is 0. The van der Waals surface area contributed by atoms with E-state index in [9.17, 15) is 9.18 Å². The molecule has 3 aromatic rings. The molecule has 4 nitrogen and oxygen atoms in total. The zero-order valence-corrected chi connectivity index (χ0v) is 13.9. The highest BCUT2D eigenvalue weighted by Crippen LogP contribution is 2.26. The van der Waals surface area contributed by atoms with Crippen LogP contribution in [0.15, 0.2) is 48.7 Å². The standard InChI is InChI=1S/C18H16FN3OS/c1-12-16(24-18(22-12)15-8-4-5-10-20-15)9-11-21-17(23)13-6-2-3-7-14(13)19/h2-8,10H,9,11H2,1H3,(H,21,23). The largest absolute Gasteiger partial charge is 0.352 e. The zero-order chi connectivity index (χ0) is 16.9. The maximum absolute atomic E-state index is 13.6. The van der Waals surface area contributed by atoms with Crippen LogP contribution < -0.4 is 5.32 Å². The molecule has 0 spiro atoms. The number of nitrogens with zero attached hydrogens (tertiary/aromatic N) is 2. The van der Waals surface area contributed by atoms with Gasteiger partial charge in [-0.15, -0.1) is 11.3 Å². The third kappa shape index (κ3) is 3.65. The maximum atomic E-state index is 13.6. The molecule has 0 unspecified atom stereocenters. The fraction of sp³-hybridized carbons (Fsp3) is 0.167. The monoisotopic (exact) mass is 341 g/mol. The van der Waals surface area contributed by atoms with E-state index in [2.05, 4.69) is 15.3 Å². The molecule has 1 aromatic carbocycles. The highest BCUT2D eigenvalue weighted by atomic mass is 32.1. The predicted molar refractivity (Wildman–Crippen MR) is 92.5 cm³/mol. The normalized spacial score (nSPS) is 10.6. The Morgan fingerprint density at radius 3 is 2.75 bits per heavy atom. The number of pyridine rings is 1. The summed E-state index contributed by atoms with van der Waals surface area (Å²) in [6.45, 7) is 2.37. The smallest absolute Gasteiger partial charge is 0.254 e. The third-order valence-corrected chi connectivity index (χ3v) is 4.77. The van der Waals surface area contributed by atoms with Crippen LogP contribution in [0.4, 0.5) is 4.39 Å². The number of amides is 1. The molecule has 2 aromatic heterocycles. The summed E-state index contributed by atoms with van der Waals surface area (Å²) in [5.74, 6) is -0.915. The van der Waals surface area contributed by atoms with Gasteiger partial charge in [-0.3, -0.25) is 9.78 Å². The van der Waals surface area contributed by atoms with Crippen molar-refractivity contribution in [2.24, 2.45) is 0 Å². The fourth-order valence-corrected chi connectivity index (χ4v) is 3.33. The lowest BCUT2D eigenvalue weighted by molar-refractivity contribution is 0.0950. The van der Waals surface area contributed by atoms with Crippen molar-refractivity contribution in [2.75, 3.05) is 6.54 Å². The lowest BCUT2D eigenvalue weighted by Gasteiger charge is -2.05. The minimum absolute atomic E-state index is 0.0627. The lowest BCUT2D eigenvalue weighted by atomic mass is 10.2. The summed E-state index contributed by atoms with van der Waals surface area (Å²) in [5.41, 5.74) is 1.83. The van der Waals surface area contributed by atoms with Crippen molar-refractivity contribution in [2.45, 2.75) is 13.3 Å². The highest BCUT2D eigenvalue weighted by Gasteiger charge is 2.12. The van der Waals surface area contributed by atoms with Gasteiger partial charge < -0.3 is 5.32 Å². The first-order chi connectivity index (χ1) is 11.6. The number of hydrogen-bond donors (Lipinski definition) is 1. The van der Waals surface area contributed by atoms with Crippen LogP contribution in [-0.4, -0.2) is 22.4 Å². The van der Waals surface area contributed by atoms with E-state index in [4.69, 9.17) is 0 Å². The van der Waals surface area contributed by atoms with E-state index in [0.29, 0.717) is 13.0 Å². The van der Waals surface area contributed by atoms with E-state index in [1.807, 2.05) is 25.1 Å². The molecule has 6 heteroatoms. The molecule has 0 aliphatic heterocycles. The number of rotatable bonds is 5. The molecule has 1 amide bonds. The number of nitrogens with one attached hydrogen (secondary N) is 1. The molecule has 0 aliphatic carbocycles. The van der Waals surface area contributed by atoms with Crippen LogP contribution in [0.1, 0.15) is 20.9 Å². The van der Waals surface area contributed by atoms with Crippen LogP contribution in [0.3, 0.4) is 0 Å². The van der Waals surface area contributed by atoms with Crippen molar-refractivity contribution in [3.05, 3.63) is 70.6 Å². The number of halogens is 1. The quantitative estimate of drug-likeness (QED) is 0.771. The van der Waals surface area contributed by atoms with Gasteiger partial charge in [0.15, 0.2) is 0 Å². The number of thiazole rings is 1. The molecule has 2 heterocycles. The van der Waals surface area contributed by atoms with Crippen molar-refractivity contribution in [3.63, 3.8) is 0 Å². The predicted octanol–water partition coefficient (Wildman–Crippen LogP) is 3.63. The molecule has 0 atom stereocenters. The van der Waals surface area contributed by atoms with Crippen LogP contribution in [0, 0.1) is 12.7 Å². The van der Waals surface area contributed by atoms with Crippen LogP contribution in [0.5, 0.6) is 0 Å². The van der Waals surface area contributed by atoms with Crippen molar-refractivity contribution in [1.29, 1.82) is 0 Å². The van der Waals surface area contributed by atoms with Crippen molar-refractivity contribution < 1.29 is 9.18 Å². The van der Waals surface area contributed by atoms with E-state index in [1.165, 1.54) is 12.1 Å². The minimum Gasteiger partial charge on any atom is -0.352 e. The summed E-state index contributed by atoms with van der Waals surface area (Å²) in [4.78, 5) is 21.9. The lowest BCUT2D eigenvalue weighted by Crippen LogP contribution is -2.26. The van der Waals surface area contributed by atoms with E-state index in [0.717, 1.165) is 21.3 Å². The van der Waals surface area contributed by atoms with Gasteiger partial charge in [0.2, 0.25) is 0 Å². The Morgan fingerprint density at radius 2 is 2.00 bits per heavy atom. The first kappa shape index (κ1) is 16.3. The Bertz CT molecular complexity index is 848. The fourth-order valence-electron chi connectivity index (χ4n) is 2.29. The Hall–Kier alpha value is -2.60. The number of benzene rings is 1. The van der Waals surface area contributed by atoms with Gasteiger partial charge in [0.25, 0.3) is 5.91 Å². The summed E-state index contributed by atoms with van der Waals surface area (Å²) in [5, 5.41) is 3.61. The molecule has 0 bridgehead atoms. The third-order valence-electron chi connectivity index (χ3n) is 3.53. The second-order valence-electron chi connectivity index (χ2n) is 5.23. The van der Waals surface area contributed by atoms with Gasteiger partial charge >= 0.3 is 0 Å². The summed E-state index contributed by atoms with van der Waals surface area (Å²) in [6, 6.07) is 11.7. The summed E-state index contributed by atoms with van der Waals surface area (Å²) in [6.07, 6.45) is 2.39. The van der Waals surface area contributed by atoms with Crippen molar-refractivity contribution >= 4 is 17.2 Å². The second-order valence-corrected chi connectivity index (χ2v) is 6.31. The number of carbonyl (C=O) groups excluding carboxylic acids is 1. The topological polar surface area (TPSA) is 54.9 Å². The molecular formula is C18H16FN3OS. The van der Waals surface area contributed by atoms with Gasteiger partial charge in [-0.05, 0) is 31.2 Å². The van der Waals surface area contributed by atoms with Crippen LogP contribution >= 0.6 is 11.3 Å². The first-order valence-corrected chi connectivity index (χ1v) is 8.37. The maximum Gasteiger partial charge on any atom is 0.254 e. The van der Waals surface area contributed by atoms with Crippen LogP contribution in [-0.2, 0) is 6.42 Å². The van der Waals surface area contributed by atoms with Gasteiger partial charge in [-0.2, -0.15) is 0 Å². The Morgan fingerprint density at radius 1 is 1.21 bits per heavy atom. The molecular weight excluding hydrogens is 325 g/mol. The Labute approximate surface area is 143 Å². The number of carbonyl (C=O) groups is 1. The van der Waals surface area contributed by atoms with E-state index < -0.39 is 11.7 Å². The van der Waals surface area contributed by atoms with Crippen molar-refractivity contribution in [3.8, 4) is 10.7 Å². The summed E-state index contributed by atoms with van der Waals surface area (Å²) >= 11 is 1.56. The minimum atomic E-state index is -0.513. The average molecular weight is 341 g/mol. The molecule has 24 heavy (non-hydrogen) atoms. The van der Waals surface area contributed by atoms with E-state index in [-0.39, 0.29) is 5.56 Å². The molecule has 0 saturated carbocycles. The van der Waals surface area contributed by atoms with Gasteiger partial charge in [-0.1, -0.05) is 18.2 Å². The van der Waals surface area contributed by atoms with Gasteiger partial charge in [0, 0.05) is 24.0 Å². The average Bonchev–Trinajstić information content (AvgIpc) is 2.97. The highest BCUT2D eigenvalue weighted by molar-refractivity contribution is 7.15. The van der Waals surface area contributed by atoms with Gasteiger partial charge in [0.1, 0.15) is 10.8 Å². The van der Waals surface area contributed by atoms with Crippen LogP contribution in [0.25, 0.3) is 10.7 Å². The molecule has 1 N–H and O–H groups in total. The van der Waals surface area contributed by atoms with E-state index >= 15 is 0 Å². The molecule has 0 fully saturated rings. The molecule has 0 radical (unpaired) electrons. The molecule has 3 rings (SSSR count). The van der Waals surface area contributed by atoms with Crippen LogP contribution in [0.2, 0.25) is 0 Å². The first-order valence-electron chi connectivity index (χ1n) is 7.55.